The Labute approximate surface area is 116 Å². The van der Waals surface area contributed by atoms with Gasteiger partial charge in [-0.25, -0.2) is 0 Å². The Morgan fingerprint density at radius 2 is 1.89 bits per heavy atom. The van der Waals surface area contributed by atoms with Crippen LogP contribution in [0.1, 0.15) is 50.7 Å². The van der Waals surface area contributed by atoms with Gasteiger partial charge in [-0.3, -0.25) is 0 Å². The van der Waals surface area contributed by atoms with Crippen LogP contribution < -0.4 is 4.74 Å². The fourth-order valence-electron chi connectivity index (χ4n) is 2.09. The summed E-state index contributed by atoms with van der Waals surface area (Å²) < 4.78 is 5.80. The Hall–Kier alpha value is -0.690. The van der Waals surface area contributed by atoms with Crippen LogP contribution in [-0.4, -0.2) is 12.5 Å². The van der Waals surface area contributed by atoms with Gasteiger partial charge < -0.3 is 4.74 Å². The summed E-state index contributed by atoms with van der Waals surface area (Å²) in [6, 6.07) is 6.40. The molecule has 0 spiro atoms. The monoisotopic (exact) mass is 268 g/mol. The highest BCUT2D eigenvalue weighted by Crippen LogP contribution is 2.23. The zero-order chi connectivity index (χ0) is 13.5. The quantitative estimate of drug-likeness (QED) is 0.621. The second-order valence-corrected chi connectivity index (χ2v) is 5.77. The Morgan fingerprint density at radius 1 is 1.17 bits per heavy atom. The first-order valence-corrected chi connectivity index (χ1v) is 7.37. The van der Waals surface area contributed by atoms with E-state index in [0.29, 0.717) is 11.8 Å². The zero-order valence-corrected chi connectivity index (χ0v) is 12.8. The lowest BCUT2D eigenvalue weighted by Gasteiger charge is -2.14. The topological polar surface area (TPSA) is 9.23 Å². The lowest BCUT2D eigenvalue weighted by molar-refractivity contribution is 0.282. The second-order valence-electron chi connectivity index (χ2n) is 5.39. The predicted molar refractivity (Wildman–Crippen MR) is 79.9 cm³/mol. The molecule has 0 aromatic heterocycles. The molecule has 0 bridgehead atoms. The minimum Gasteiger partial charge on any atom is -0.494 e. The molecule has 0 radical (unpaired) electrons. The molecule has 0 aliphatic rings. The minimum atomic E-state index is 0.572. The summed E-state index contributed by atoms with van der Waals surface area (Å²) in [5.74, 6) is 2.93. The third kappa shape index (κ3) is 4.89. The van der Waals surface area contributed by atoms with Crippen LogP contribution >= 0.6 is 11.6 Å². The molecule has 18 heavy (non-hydrogen) atoms. The average molecular weight is 269 g/mol. The molecule has 0 saturated carbocycles. The van der Waals surface area contributed by atoms with Gasteiger partial charge in [-0.15, -0.1) is 11.6 Å². The Balaban J connectivity index is 2.46. The largest absolute Gasteiger partial charge is 0.494 e. The fourth-order valence-corrected chi connectivity index (χ4v) is 2.47. The number of ether oxygens (including phenoxy) is 1. The first-order chi connectivity index (χ1) is 8.54. The van der Waals surface area contributed by atoms with Crippen LogP contribution in [0.4, 0.5) is 0 Å². The van der Waals surface area contributed by atoms with Gasteiger partial charge in [0.1, 0.15) is 5.75 Å². The molecule has 1 nitrogen and oxygen atoms in total. The summed E-state index contributed by atoms with van der Waals surface area (Å²) in [5, 5.41) is 0. The van der Waals surface area contributed by atoms with Crippen molar-refractivity contribution in [3.63, 3.8) is 0 Å². The fraction of sp³-hybridized carbons (Fsp3) is 0.625. The summed E-state index contributed by atoms with van der Waals surface area (Å²) in [7, 11) is 0. The number of benzene rings is 1. The van der Waals surface area contributed by atoms with Crippen molar-refractivity contribution in [1.29, 1.82) is 0 Å². The van der Waals surface area contributed by atoms with Crippen molar-refractivity contribution in [1.82, 2.24) is 0 Å². The number of rotatable bonds is 7. The molecule has 0 N–H and O–H groups in total. The molecule has 1 rings (SSSR count). The normalized spacial score (nSPS) is 12.8. The second kappa shape index (κ2) is 7.68. The summed E-state index contributed by atoms with van der Waals surface area (Å²) in [5.41, 5.74) is 2.72. The molecule has 1 unspecified atom stereocenters. The summed E-state index contributed by atoms with van der Waals surface area (Å²) in [6.45, 7) is 9.59. The molecule has 0 amide bonds. The van der Waals surface area contributed by atoms with E-state index < -0.39 is 0 Å². The van der Waals surface area contributed by atoms with Gasteiger partial charge >= 0.3 is 0 Å². The number of hydrogen-bond donors (Lipinski definition) is 0. The molecule has 0 heterocycles. The van der Waals surface area contributed by atoms with E-state index in [0.717, 1.165) is 31.1 Å². The van der Waals surface area contributed by atoms with Crippen molar-refractivity contribution >= 4 is 11.6 Å². The predicted octanol–water partition coefficient (Wildman–Crippen LogP) is 5.15. The van der Waals surface area contributed by atoms with Gasteiger partial charge in [-0.2, -0.15) is 0 Å². The zero-order valence-electron chi connectivity index (χ0n) is 12.0. The molecule has 1 aromatic rings. The molecule has 102 valence electrons. The number of alkyl halides is 1. The van der Waals surface area contributed by atoms with Crippen molar-refractivity contribution in [3.8, 4) is 5.75 Å². The molecule has 2 heteroatoms. The molecule has 0 fully saturated rings. The van der Waals surface area contributed by atoms with Crippen LogP contribution in [0.5, 0.6) is 5.75 Å². The number of halogens is 1. The highest BCUT2D eigenvalue weighted by molar-refractivity contribution is 6.17. The summed E-state index contributed by atoms with van der Waals surface area (Å²) in [4.78, 5) is 0. The van der Waals surface area contributed by atoms with E-state index in [1.807, 2.05) is 0 Å². The van der Waals surface area contributed by atoms with Gasteiger partial charge in [0.15, 0.2) is 0 Å². The summed E-state index contributed by atoms with van der Waals surface area (Å²) in [6.07, 6.45) is 2.13. The van der Waals surface area contributed by atoms with E-state index in [-0.39, 0.29) is 0 Å². The third-order valence-electron chi connectivity index (χ3n) is 3.34. The molecule has 0 aliphatic carbocycles. The molecule has 0 saturated heterocycles. The van der Waals surface area contributed by atoms with E-state index in [2.05, 4.69) is 45.9 Å². The van der Waals surface area contributed by atoms with Crippen LogP contribution in [0.15, 0.2) is 18.2 Å². The Kier molecular flexibility index (Phi) is 6.56. The number of aryl methyl sites for hydroxylation is 1. The average Bonchev–Trinajstić information content (AvgIpc) is 2.29. The van der Waals surface area contributed by atoms with Gasteiger partial charge in [-0.1, -0.05) is 26.8 Å². The van der Waals surface area contributed by atoms with Crippen LogP contribution in [0, 0.1) is 12.8 Å². The van der Waals surface area contributed by atoms with Crippen molar-refractivity contribution < 1.29 is 4.74 Å². The van der Waals surface area contributed by atoms with E-state index >= 15 is 0 Å². The lowest BCUT2D eigenvalue weighted by atomic mass is 9.98. The molecule has 0 aliphatic heterocycles. The van der Waals surface area contributed by atoms with Gasteiger partial charge in [0, 0.05) is 5.88 Å². The van der Waals surface area contributed by atoms with Crippen LogP contribution in [0.2, 0.25) is 0 Å². The smallest absolute Gasteiger partial charge is 0.119 e. The van der Waals surface area contributed by atoms with Crippen molar-refractivity contribution in [2.24, 2.45) is 5.92 Å². The maximum Gasteiger partial charge on any atom is 0.119 e. The van der Waals surface area contributed by atoms with Crippen molar-refractivity contribution in [2.45, 2.75) is 46.5 Å². The van der Waals surface area contributed by atoms with Crippen molar-refractivity contribution in [3.05, 3.63) is 29.3 Å². The van der Waals surface area contributed by atoms with Crippen molar-refractivity contribution in [2.75, 3.05) is 12.5 Å². The van der Waals surface area contributed by atoms with E-state index in [4.69, 9.17) is 16.3 Å². The Morgan fingerprint density at radius 3 is 2.44 bits per heavy atom. The molecule has 1 aromatic carbocycles. The maximum absolute atomic E-state index is 5.80. The molecular formula is C16H25ClO. The highest BCUT2D eigenvalue weighted by Gasteiger charge is 2.05. The van der Waals surface area contributed by atoms with Crippen LogP contribution in [0.25, 0.3) is 0 Å². The third-order valence-corrected chi connectivity index (χ3v) is 3.56. The van der Waals surface area contributed by atoms with Gasteiger partial charge in [-0.05, 0) is 54.9 Å². The van der Waals surface area contributed by atoms with E-state index in [9.17, 15) is 0 Å². The van der Waals surface area contributed by atoms with E-state index in [1.165, 1.54) is 11.1 Å². The van der Waals surface area contributed by atoms with Crippen LogP contribution in [-0.2, 0) is 0 Å². The lowest BCUT2D eigenvalue weighted by Crippen LogP contribution is -2.05. The van der Waals surface area contributed by atoms with E-state index in [1.54, 1.807) is 0 Å². The maximum atomic E-state index is 5.80. The first kappa shape index (κ1) is 15.4. The highest BCUT2D eigenvalue weighted by atomic mass is 35.5. The molecule has 1 atom stereocenters. The minimum absolute atomic E-state index is 0.572. The van der Waals surface area contributed by atoms with Gasteiger partial charge in [0.2, 0.25) is 0 Å². The number of hydrogen-bond acceptors (Lipinski definition) is 1. The standard InChI is InChI=1S/C16H25ClO/c1-12(2)16-6-5-15(11-14(16)4)18-10-8-13(3)7-9-17/h5-6,11-13H,7-10H2,1-4H3. The first-order valence-electron chi connectivity index (χ1n) is 6.84. The SMILES string of the molecule is Cc1cc(OCCC(C)CCCl)ccc1C(C)C. The summed E-state index contributed by atoms with van der Waals surface area (Å²) >= 11 is 5.72. The van der Waals surface area contributed by atoms with Gasteiger partial charge in [0.05, 0.1) is 6.61 Å². The Bertz CT molecular complexity index is 360. The van der Waals surface area contributed by atoms with Gasteiger partial charge in [0.25, 0.3) is 0 Å². The van der Waals surface area contributed by atoms with Crippen LogP contribution in [0.3, 0.4) is 0 Å². The molecular weight excluding hydrogens is 244 g/mol.